The number of likely N-dealkylation sites (N-methyl/N-ethyl adjacent to an activating group) is 1. The van der Waals surface area contributed by atoms with Crippen LogP contribution in [0.2, 0.25) is 0 Å². The van der Waals surface area contributed by atoms with Gasteiger partial charge in [0.2, 0.25) is 5.91 Å². The maximum Gasteiger partial charge on any atom is 0.242 e. The van der Waals surface area contributed by atoms with E-state index in [1.165, 1.54) is 0 Å². The Morgan fingerprint density at radius 1 is 1.17 bits per heavy atom. The molecule has 0 aromatic heterocycles. The number of carbonyl (C=O) groups excluding carboxylic acids is 1. The first kappa shape index (κ1) is 21.2. The first-order chi connectivity index (χ1) is 10.7. The van der Waals surface area contributed by atoms with E-state index in [4.69, 9.17) is 0 Å². The smallest absolute Gasteiger partial charge is 0.242 e. The lowest BCUT2D eigenvalue weighted by molar-refractivity contribution is -0.128. The van der Waals surface area contributed by atoms with E-state index in [0.29, 0.717) is 0 Å². The topological polar surface area (TPSA) is 47.6 Å². The van der Waals surface area contributed by atoms with Crippen molar-refractivity contribution in [3.63, 3.8) is 0 Å². The Balaban J connectivity index is 0.00000144. The third kappa shape index (κ3) is 5.33. The van der Waals surface area contributed by atoms with Crippen LogP contribution in [0.15, 0.2) is 30.3 Å². The van der Waals surface area contributed by atoms with E-state index >= 15 is 0 Å². The van der Waals surface area contributed by atoms with Gasteiger partial charge in [0.05, 0.1) is 0 Å². The number of hydrogen-bond acceptors (Lipinski definition) is 4. The first-order valence-electron chi connectivity index (χ1n) is 8.22. The Hall–Kier alpha value is -0.850. The van der Waals surface area contributed by atoms with Gasteiger partial charge in [0.15, 0.2) is 0 Å². The molecule has 0 bridgehead atoms. The number of piperazine rings is 1. The van der Waals surface area contributed by atoms with E-state index in [1.807, 2.05) is 18.2 Å². The van der Waals surface area contributed by atoms with Crippen molar-refractivity contribution in [2.75, 3.05) is 46.3 Å². The highest BCUT2D eigenvalue weighted by molar-refractivity contribution is 5.85. The summed E-state index contributed by atoms with van der Waals surface area (Å²) in [4.78, 5) is 17.5. The van der Waals surface area contributed by atoms with Gasteiger partial charge in [-0.15, -0.1) is 24.8 Å². The summed E-state index contributed by atoms with van der Waals surface area (Å²) in [6, 6.07) is 10.3. The maximum atomic E-state index is 12.9. The summed E-state index contributed by atoms with van der Waals surface area (Å²) in [7, 11) is 2.14. The van der Waals surface area contributed by atoms with E-state index in [-0.39, 0.29) is 42.8 Å². The zero-order valence-corrected chi connectivity index (χ0v) is 15.7. The highest BCUT2D eigenvalue weighted by atomic mass is 35.5. The summed E-state index contributed by atoms with van der Waals surface area (Å²) < 4.78 is 0. The van der Waals surface area contributed by atoms with Crippen molar-refractivity contribution in [3.05, 3.63) is 35.9 Å². The fraction of sp³-hybridized carbons (Fsp3) is 0.588. The second-order valence-electron chi connectivity index (χ2n) is 6.35. The molecule has 5 nitrogen and oxygen atoms in total. The van der Waals surface area contributed by atoms with Crippen molar-refractivity contribution < 1.29 is 4.79 Å². The van der Waals surface area contributed by atoms with Crippen LogP contribution in [0.1, 0.15) is 18.0 Å². The van der Waals surface area contributed by atoms with Gasteiger partial charge in [-0.05, 0) is 25.6 Å². The molecule has 136 valence electrons. The van der Waals surface area contributed by atoms with Crippen LogP contribution in [0.4, 0.5) is 0 Å². The average Bonchev–Trinajstić information content (AvgIpc) is 3.03. The van der Waals surface area contributed by atoms with Crippen LogP contribution in [-0.4, -0.2) is 68.1 Å². The van der Waals surface area contributed by atoms with Crippen LogP contribution >= 0.6 is 24.8 Å². The standard InChI is InChI=1S/C17H26N4O.2ClH/c1-20-9-11-21(12-10-20)16(14-5-3-2-4-6-14)17(22)19-15-7-8-18-13-15;;/h2-6,15-16,18H,7-13H2,1H3,(H,19,22);2*1H. The minimum absolute atomic E-state index is 0. The molecule has 2 N–H and O–H groups in total. The van der Waals surface area contributed by atoms with Crippen molar-refractivity contribution in [3.8, 4) is 0 Å². The molecule has 2 saturated heterocycles. The molecule has 1 aromatic rings. The first-order valence-corrected chi connectivity index (χ1v) is 8.22. The summed E-state index contributed by atoms with van der Waals surface area (Å²) in [6.07, 6.45) is 1.02. The number of rotatable bonds is 4. The number of benzene rings is 1. The van der Waals surface area contributed by atoms with Crippen molar-refractivity contribution in [2.45, 2.75) is 18.5 Å². The lowest BCUT2D eigenvalue weighted by Crippen LogP contribution is -2.51. The average molecular weight is 375 g/mol. The normalized spacial score (nSPS) is 23.0. The number of hydrogen-bond donors (Lipinski definition) is 2. The lowest BCUT2D eigenvalue weighted by atomic mass is 10.0. The Morgan fingerprint density at radius 3 is 2.42 bits per heavy atom. The molecule has 3 rings (SSSR count). The van der Waals surface area contributed by atoms with E-state index in [0.717, 1.165) is 51.3 Å². The molecule has 1 amide bonds. The summed E-state index contributed by atoms with van der Waals surface area (Å²) in [5.41, 5.74) is 1.09. The SMILES string of the molecule is CN1CCN(C(C(=O)NC2CCNC2)c2ccccc2)CC1.Cl.Cl. The summed E-state index contributed by atoms with van der Waals surface area (Å²) in [5, 5.41) is 6.54. The van der Waals surface area contributed by atoms with Gasteiger partial charge in [0.1, 0.15) is 6.04 Å². The van der Waals surface area contributed by atoms with Crippen LogP contribution in [0.3, 0.4) is 0 Å². The van der Waals surface area contributed by atoms with Gasteiger partial charge in [-0.1, -0.05) is 30.3 Å². The Kier molecular flexibility index (Phi) is 9.02. The van der Waals surface area contributed by atoms with Crippen LogP contribution in [-0.2, 0) is 4.79 Å². The summed E-state index contributed by atoms with van der Waals surface area (Å²) >= 11 is 0. The van der Waals surface area contributed by atoms with Crippen LogP contribution in [0.5, 0.6) is 0 Å². The largest absolute Gasteiger partial charge is 0.350 e. The molecular weight excluding hydrogens is 347 g/mol. The third-order valence-corrected chi connectivity index (χ3v) is 4.67. The Morgan fingerprint density at radius 2 is 1.83 bits per heavy atom. The van der Waals surface area contributed by atoms with E-state index in [9.17, 15) is 4.79 Å². The van der Waals surface area contributed by atoms with E-state index in [1.54, 1.807) is 0 Å². The third-order valence-electron chi connectivity index (χ3n) is 4.67. The molecule has 7 heteroatoms. The van der Waals surface area contributed by atoms with Gasteiger partial charge >= 0.3 is 0 Å². The molecule has 0 saturated carbocycles. The van der Waals surface area contributed by atoms with Gasteiger partial charge in [-0.2, -0.15) is 0 Å². The van der Waals surface area contributed by atoms with Crippen molar-refractivity contribution in [1.82, 2.24) is 20.4 Å². The van der Waals surface area contributed by atoms with Gasteiger partial charge in [0.25, 0.3) is 0 Å². The molecule has 1 aromatic carbocycles. The van der Waals surface area contributed by atoms with Crippen LogP contribution in [0, 0.1) is 0 Å². The highest BCUT2D eigenvalue weighted by Crippen LogP contribution is 2.22. The van der Waals surface area contributed by atoms with E-state index < -0.39 is 0 Å². The number of halogens is 2. The molecule has 2 aliphatic heterocycles. The maximum absolute atomic E-state index is 12.9. The molecular formula is C17H28Cl2N4O. The van der Waals surface area contributed by atoms with Crippen LogP contribution < -0.4 is 10.6 Å². The molecule has 2 aliphatic rings. The zero-order valence-electron chi connectivity index (χ0n) is 14.1. The van der Waals surface area contributed by atoms with Gasteiger partial charge < -0.3 is 15.5 Å². The zero-order chi connectivity index (χ0) is 15.4. The number of amides is 1. The molecule has 2 atom stereocenters. The second kappa shape index (κ2) is 10.2. The number of carbonyl (C=O) groups is 1. The molecule has 0 radical (unpaired) electrons. The van der Waals surface area contributed by atoms with Gasteiger partial charge in [0, 0.05) is 38.8 Å². The Labute approximate surface area is 157 Å². The van der Waals surface area contributed by atoms with Crippen molar-refractivity contribution in [2.24, 2.45) is 0 Å². The molecule has 0 aliphatic carbocycles. The molecule has 2 heterocycles. The second-order valence-corrected chi connectivity index (χ2v) is 6.35. The summed E-state index contributed by atoms with van der Waals surface area (Å²) in [5.74, 6) is 0.143. The molecule has 2 fully saturated rings. The quantitative estimate of drug-likeness (QED) is 0.833. The molecule has 2 unspecified atom stereocenters. The predicted molar refractivity (Wildman–Crippen MR) is 102 cm³/mol. The van der Waals surface area contributed by atoms with Gasteiger partial charge in [-0.25, -0.2) is 0 Å². The predicted octanol–water partition coefficient (Wildman–Crippen LogP) is 1.30. The van der Waals surface area contributed by atoms with Crippen molar-refractivity contribution in [1.29, 1.82) is 0 Å². The Bertz CT molecular complexity index is 489. The monoisotopic (exact) mass is 374 g/mol. The van der Waals surface area contributed by atoms with Crippen molar-refractivity contribution >= 4 is 30.7 Å². The lowest BCUT2D eigenvalue weighted by Gasteiger charge is -2.37. The van der Waals surface area contributed by atoms with Gasteiger partial charge in [-0.3, -0.25) is 9.69 Å². The summed E-state index contributed by atoms with van der Waals surface area (Å²) in [6.45, 7) is 5.79. The molecule has 24 heavy (non-hydrogen) atoms. The minimum atomic E-state index is -0.171. The highest BCUT2D eigenvalue weighted by Gasteiger charge is 2.31. The van der Waals surface area contributed by atoms with Crippen LogP contribution in [0.25, 0.3) is 0 Å². The molecule has 0 spiro atoms. The number of nitrogens with one attached hydrogen (secondary N) is 2. The minimum Gasteiger partial charge on any atom is -0.350 e. The van der Waals surface area contributed by atoms with E-state index in [2.05, 4.69) is 39.6 Å². The fourth-order valence-electron chi connectivity index (χ4n) is 3.30. The fourth-order valence-corrected chi connectivity index (χ4v) is 3.30. The number of nitrogens with zero attached hydrogens (tertiary/aromatic N) is 2.